The summed E-state index contributed by atoms with van der Waals surface area (Å²) < 4.78 is 0. The van der Waals surface area contributed by atoms with E-state index in [-0.39, 0.29) is 11.6 Å². The number of amides is 1. The van der Waals surface area contributed by atoms with E-state index in [2.05, 4.69) is 5.32 Å². The van der Waals surface area contributed by atoms with Gasteiger partial charge in [0.25, 0.3) is 11.6 Å². The highest BCUT2D eigenvalue weighted by Crippen LogP contribution is 2.15. The molecule has 0 heterocycles. The molecule has 21 heavy (non-hydrogen) atoms. The molecule has 0 aliphatic carbocycles. The molecule has 0 fully saturated rings. The summed E-state index contributed by atoms with van der Waals surface area (Å²) in [5.74, 6) is -0.302. The fourth-order valence-corrected chi connectivity index (χ4v) is 1.81. The van der Waals surface area contributed by atoms with Crippen LogP contribution in [0, 0.1) is 10.1 Å². The van der Waals surface area contributed by atoms with Gasteiger partial charge >= 0.3 is 0 Å². The van der Waals surface area contributed by atoms with Crippen LogP contribution in [0.25, 0.3) is 6.08 Å². The second-order valence-electron chi connectivity index (χ2n) is 4.38. The number of hydrogen-bond acceptors (Lipinski definition) is 3. The lowest BCUT2D eigenvalue weighted by atomic mass is 10.1. The first-order valence-corrected chi connectivity index (χ1v) is 6.38. The molecule has 0 aromatic heterocycles. The number of non-ortho nitro benzene ring substituents is 1. The van der Waals surface area contributed by atoms with E-state index < -0.39 is 4.92 Å². The number of nitrogens with zero attached hydrogens (tertiary/aromatic N) is 1. The Balaban J connectivity index is 2.08. The number of benzene rings is 2. The van der Waals surface area contributed by atoms with Gasteiger partial charge in [-0.1, -0.05) is 24.3 Å². The van der Waals surface area contributed by atoms with Gasteiger partial charge in [-0.25, -0.2) is 0 Å². The van der Waals surface area contributed by atoms with Crippen LogP contribution in [0.5, 0.6) is 0 Å². The van der Waals surface area contributed by atoms with Crippen LogP contribution in [0.15, 0.2) is 54.6 Å². The van der Waals surface area contributed by atoms with Gasteiger partial charge in [0.05, 0.1) is 4.92 Å². The molecule has 5 heteroatoms. The largest absolute Gasteiger partial charge is 0.322 e. The molecule has 5 nitrogen and oxygen atoms in total. The highest BCUT2D eigenvalue weighted by atomic mass is 16.6. The summed E-state index contributed by atoms with van der Waals surface area (Å²) in [5, 5.41) is 13.3. The molecule has 0 spiro atoms. The first-order valence-electron chi connectivity index (χ1n) is 6.38. The number of nitro groups is 1. The predicted molar refractivity (Wildman–Crippen MR) is 82.2 cm³/mol. The standard InChI is InChI=1S/C16H14N2O3/c1-2-3-12-4-8-14(9-5-12)17-16(19)13-6-10-15(11-7-13)18(20)21/h2-11H,1H3,(H,17,19). The molecule has 106 valence electrons. The van der Waals surface area contributed by atoms with Gasteiger partial charge in [0, 0.05) is 23.4 Å². The maximum atomic E-state index is 12.0. The van der Waals surface area contributed by atoms with Gasteiger partial charge in [0.2, 0.25) is 0 Å². The van der Waals surface area contributed by atoms with E-state index in [1.165, 1.54) is 24.3 Å². The molecule has 0 saturated carbocycles. The highest BCUT2D eigenvalue weighted by molar-refractivity contribution is 6.04. The molecule has 0 atom stereocenters. The van der Waals surface area contributed by atoms with E-state index in [1.54, 1.807) is 12.1 Å². The van der Waals surface area contributed by atoms with Crippen LogP contribution in [-0.2, 0) is 0 Å². The maximum absolute atomic E-state index is 12.0. The summed E-state index contributed by atoms with van der Waals surface area (Å²) in [7, 11) is 0. The molecule has 0 aliphatic rings. The Morgan fingerprint density at radius 2 is 1.71 bits per heavy atom. The van der Waals surface area contributed by atoms with E-state index in [4.69, 9.17) is 0 Å². The van der Waals surface area contributed by atoms with Crippen LogP contribution in [0.2, 0.25) is 0 Å². The van der Waals surface area contributed by atoms with Crippen molar-refractivity contribution < 1.29 is 9.72 Å². The fraction of sp³-hybridized carbons (Fsp3) is 0.0625. The Morgan fingerprint density at radius 3 is 2.24 bits per heavy atom. The van der Waals surface area contributed by atoms with Crippen LogP contribution in [0.4, 0.5) is 11.4 Å². The molecule has 2 aromatic carbocycles. The van der Waals surface area contributed by atoms with Gasteiger partial charge < -0.3 is 5.32 Å². The molecule has 1 N–H and O–H groups in total. The van der Waals surface area contributed by atoms with E-state index >= 15 is 0 Å². The summed E-state index contributed by atoms with van der Waals surface area (Å²) in [6.45, 7) is 1.93. The summed E-state index contributed by atoms with van der Waals surface area (Å²) in [5.41, 5.74) is 2.05. The van der Waals surface area contributed by atoms with Crippen molar-refractivity contribution in [3.05, 3.63) is 75.8 Å². The molecule has 0 aliphatic heterocycles. The van der Waals surface area contributed by atoms with Crippen molar-refractivity contribution in [3.8, 4) is 0 Å². The second kappa shape index (κ2) is 6.47. The molecule has 0 saturated heterocycles. The van der Waals surface area contributed by atoms with Crippen molar-refractivity contribution >= 4 is 23.4 Å². The smallest absolute Gasteiger partial charge is 0.269 e. The minimum atomic E-state index is -0.498. The second-order valence-corrected chi connectivity index (χ2v) is 4.38. The van der Waals surface area contributed by atoms with Crippen LogP contribution < -0.4 is 5.32 Å². The topological polar surface area (TPSA) is 72.2 Å². The first-order chi connectivity index (χ1) is 10.1. The molecular weight excluding hydrogens is 268 g/mol. The third-order valence-electron chi connectivity index (χ3n) is 2.87. The minimum absolute atomic E-state index is 0.0396. The molecule has 1 amide bonds. The van der Waals surface area contributed by atoms with E-state index in [9.17, 15) is 14.9 Å². The Kier molecular flexibility index (Phi) is 4.46. The number of anilines is 1. The van der Waals surface area contributed by atoms with Crippen molar-refractivity contribution in [1.29, 1.82) is 0 Å². The third kappa shape index (κ3) is 3.76. The minimum Gasteiger partial charge on any atom is -0.322 e. The molecule has 0 unspecified atom stereocenters. The number of carbonyl (C=O) groups is 1. The zero-order valence-corrected chi connectivity index (χ0v) is 11.4. The molecule has 0 radical (unpaired) electrons. The Morgan fingerprint density at radius 1 is 1.10 bits per heavy atom. The van der Waals surface area contributed by atoms with E-state index in [1.807, 2.05) is 31.2 Å². The van der Waals surface area contributed by atoms with Gasteiger partial charge in [-0.3, -0.25) is 14.9 Å². The van der Waals surface area contributed by atoms with Gasteiger partial charge in [-0.2, -0.15) is 0 Å². The van der Waals surface area contributed by atoms with Gasteiger partial charge in [-0.05, 0) is 36.8 Å². The lowest BCUT2D eigenvalue weighted by molar-refractivity contribution is -0.384. The first kappa shape index (κ1) is 14.5. The molecule has 2 aromatic rings. The normalized spacial score (nSPS) is 10.5. The number of nitro benzene ring substituents is 1. The van der Waals surface area contributed by atoms with Crippen molar-refractivity contribution in [2.75, 3.05) is 5.32 Å². The molecule has 0 bridgehead atoms. The SMILES string of the molecule is CC=Cc1ccc(NC(=O)c2ccc([N+](=O)[O-])cc2)cc1. The van der Waals surface area contributed by atoms with Gasteiger partial charge in [0.1, 0.15) is 0 Å². The monoisotopic (exact) mass is 282 g/mol. The lowest BCUT2D eigenvalue weighted by Gasteiger charge is -2.05. The van der Waals surface area contributed by atoms with Crippen LogP contribution in [0.3, 0.4) is 0 Å². The summed E-state index contributed by atoms with van der Waals surface area (Å²) in [4.78, 5) is 22.1. The Hall–Kier alpha value is -2.95. The van der Waals surface area contributed by atoms with Crippen molar-refractivity contribution in [1.82, 2.24) is 0 Å². The number of rotatable bonds is 4. The van der Waals surface area contributed by atoms with Gasteiger partial charge in [0.15, 0.2) is 0 Å². The fourth-order valence-electron chi connectivity index (χ4n) is 1.81. The van der Waals surface area contributed by atoms with Crippen molar-refractivity contribution in [2.45, 2.75) is 6.92 Å². The van der Waals surface area contributed by atoms with Crippen LogP contribution in [-0.4, -0.2) is 10.8 Å². The third-order valence-corrected chi connectivity index (χ3v) is 2.87. The summed E-state index contributed by atoms with van der Waals surface area (Å²) in [6.07, 6.45) is 3.90. The average molecular weight is 282 g/mol. The number of hydrogen-bond donors (Lipinski definition) is 1. The lowest BCUT2D eigenvalue weighted by Crippen LogP contribution is -2.11. The Bertz CT molecular complexity index is 674. The summed E-state index contributed by atoms with van der Waals surface area (Å²) in [6, 6.07) is 12.9. The van der Waals surface area contributed by atoms with Crippen molar-refractivity contribution in [2.24, 2.45) is 0 Å². The van der Waals surface area contributed by atoms with E-state index in [0.29, 0.717) is 11.3 Å². The number of allylic oxidation sites excluding steroid dienone is 1. The maximum Gasteiger partial charge on any atom is 0.269 e. The predicted octanol–water partition coefficient (Wildman–Crippen LogP) is 3.88. The average Bonchev–Trinajstić information content (AvgIpc) is 2.49. The summed E-state index contributed by atoms with van der Waals surface area (Å²) >= 11 is 0. The molecular formula is C16H14N2O3. The highest BCUT2D eigenvalue weighted by Gasteiger charge is 2.09. The number of carbonyl (C=O) groups excluding carboxylic acids is 1. The van der Waals surface area contributed by atoms with Gasteiger partial charge in [-0.15, -0.1) is 0 Å². The quantitative estimate of drug-likeness (QED) is 0.683. The zero-order valence-electron chi connectivity index (χ0n) is 11.4. The number of nitrogens with one attached hydrogen (secondary N) is 1. The van der Waals surface area contributed by atoms with Crippen LogP contribution in [0.1, 0.15) is 22.8 Å². The zero-order chi connectivity index (χ0) is 15.2. The van der Waals surface area contributed by atoms with E-state index in [0.717, 1.165) is 5.56 Å². The van der Waals surface area contributed by atoms with Crippen molar-refractivity contribution in [3.63, 3.8) is 0 Å². The van der Waals surface area contributed by atoms with Crippen LogP contribution >= 0.6 is 0 Å². The molecule has 2 rings (SSSR count). The Labute approximate surface area is 122 Å².